The molecule has 1 fully saturated rings. The van der Waals surface area contributed by atoms with E-state index in [1.54, 1.807) is 0 Å². The highest BCUT2D eigenvalue weighted by molar-refractivity contribution is 4.88. The summed E-state index contributed by atoms with van der Waals surface area (Å²) < 4.78 is 0. The van der Waals surface area contributed by atoms with Crippen LogP contribution in [0, 0.1) is 5.41 Å². The first kappa shape index (κ1) is 10.0. The van der Waals surface area contributed by atoms with Crippen LogP contribution < -0.4 is 5.32 Å². The molecular formula is C10H21NO. The molecule has 0 aromatic carbocycles. The van der Waals surface area contributed by atoms with Crippen molar-refractivity contribution in [2.45, 2.75) is 45.6 Å². The van der Waals surface area contributed by atoms with E-state index in [4.69, 9.17) is 5.11 Å². The fraction of sp³-hybridized carbons (Fsp3) is 1.00. The van der Waals surface area contributed by atoms with Crippen molar-refractivity contribution in [2.24, 2.45) is 5.41 Å². The van der Waals surface area contributed by atoms with Gasteiger partial charge in [0.1, 0.15) is 0 Å². The van der Waals surface area contributed by atoms with Crippen molar-refractivity contribution in [1.29, 1.82) is 0 Å². The summed E-state index contributed by atoms with van der Waals surface area (Å²) in [6, 6.07) is 0. The van der Waals surface area contributed by atoms with Gasteiger partial charge in [-0.1, -0.05) is 13.3 Å². The van der Waals surface area contributed by atoms with Gasteiger partial charge in [0, 0.05) is 13.1 Å². The molecule has 12 heavy (non-hydrogen) atoms. The van der Waals surface area contributed by atoms with Crippen LogP contribution in [0.5, 0.6) is 0 Å². The van der Waals surface area contributed by atoms with Crippen LogP contribution in [0.15, 0.2) is 0 Å². The van der Waals surface area contributed by atoms with Crippen LogP contribution in [0.3, 0.4) is 0 Å². The predicted octanol–water partition coefficient (Wildman–Crippen LogP) is 1.54. The third kappa shape index (κ3) is 2.46. The second kappa shape index (κ2) is 4.24. The zero-order valence-electron chi connectivity index (χ0n) is 8.27. The van der Waals surface area contributed by atoms with Crippen LogP contribution >= 0.6 is 0 Å². The van der Waals surface area contributed by atoms with Gasteiger partial charge in [-0.25, -0.2) is 0 Å². The van der Waals surface area contributed by atoms with Crippen molar-refractivity contribution in [2.75, 3.05) is 13.1 Å². The molecule has 1 atom stereocenters. The summed E-state index contributed by atoms with van der Waals surface area (Å²) in [6.45, 7) is 5.92. The monoisotopic (exact) mass is 171 g/mol. The fourth-order valence-corrected chi connectivity index (χ4v) is 1.88. The van der Waals surface area contributed by atoms with Crippen molar-refractivity contribution in [3.63, 3.8) is 0 Å². The average Bonchev–Trinajstić information content (AvgIpc) is 1.94. The molecule has 1 rings (SSSR count). The molecule has 1 aliphatic rings. The van der Waals surface area contributed by atoms with E-state index in [1.807, 2.05) is 6.92 Å². The standard InChI is InChI=1S/C10H21NO/c1-3-10(5-4-6-10)8-11-7-9(2)12/h9,11-12H,3-8H2,1-2H3/t9-/m1/s1. The normalized spacial score (nSPS) is 23.2. The molecule has 2 heteroatoms. The second-order valence-corrected chi connectivity index (χ2v) is 4.19. The molecule has 2 nitrogen and oxygen atoms in total. The van der Waals surface area contributed by atoms with E-state index in [2.05, 4.69) is 12.2 Å². The highest BCUT2D eigenvalue weighted by Crippen LogP contribution is 2.42. The highest BCUT2D eigenvalue weighted by atomic mass is 16.3. The third-order valence-corrected chi connectivity index (χ3v) is 3.10. The second-order valence-electron chi connectivity index (χ2n) is 4.19. The lowest BCUT2D eigenvalue weighted by atomic mass is 9.67. The molecule has 0 aliphatic heterocycles. The van der Waals surface area contributed by atoms with Crippen LogP contribution in [0.2, 0.25) is 0 Å². The van der Waals surface area contributed by atoms with Gasteiger partial charge in [-0.3, -0.25) is 0 Å². The van der Waals surface area contributed by atoms with Gasteiger partial charge >= 0.3 is 0 Å². The number of aliphatic hydroxyl groups is 1. The van der Waals surface area contributed by atoms with Gasteiger partial charge in [0.15, 0.2) is 0 Å². The lowest BCUT2D eigenvalue weighted by Crippen LogP contribution is -2.41. The zero-order chi connectivity index (χ0) is 9.03. The molecule has 0 amide bonds. The number of hydrogen-bond donors (Lipinski definition) is 2. The Morgan fingerprint density at radius 3 is 2.50 bits per heavy atom. The summed E-state index contributed by atoms with van der Waals surface area (Å²) in [7, 11) is 0. The van der Waals surface area contributed by atoms with Crippen molar-refractivity contribution < 1.29 is 5.11 Å². The molecule has 0 radical (unpaired) electrons. The maximum atomic E-state index is 9.05. The van der Waals surface area contributed by atoms with Crippen LogP contribution in [-0.4, -0.2) is 24.3 Å². The third-order valence-electron chi connectivity index (χ3n) is 3.10. The molecule has 0 aromatic heterocycles. The van der Waals surface area contributed by atoms with Crippen LogP contribution in [0.1, 0.15) is 39.5 Å². The summed E-state index contributed by atoms with van der Waals surface area (Å²) in [5.41, 5.74) is 0.578. The van der Waals surface area contributed by atoms with Crippen LogP contribution in [0.25, 0.3) is 0 Å². The van der Waals surface area contributed by atoms with Crippen molar-refractivity contribution in [3.05, 3.63) is 0 Å². The summed E-state index contributed by atoms with van der Waals surface area (Å²) in [6.07, 6.45) is 5.20. The molecular weight excluding hydrogens is 150 g/mol. The minimum Gasteiger partial charge on any atom is -0.392 e. The molecule has 0 heterocycles. The van der Waals surface area contributed by atoms with E-state index in [0.717, 1.165) is 13.1 Å². The zero-order valence-corrected chi connectivity index (χ0v) is 8.27. The van der Waals surface area contributed by atoms with Gasteiger partial charge in [0.2, 0.25) is 0 Å². The van der Waals surface area contributed by atoms with Crippen molar-refractivity contribution in [3.8, 4) is 0 Å². The fourth-order valence-electron chi connectivity index (χ4n) is 1.88. The number of hydrogen-bond acceptors (Lipinski definition) is 2. The largest absolute Gasteiger partial charge is 0.392 e. The minimum absolute atomic E-state index is 0.209. The SMILES string of the molecule is CCC1(CNC[C@@H](C)O)CCC1. The van der Waals surface area contributed by atoms with Gasteiger partial charge in [0.05, 0.1) is 6.10 Å². The van der Waals surface area contributed by atoms with E-state index in [0.29, 0.717) is 5.41 Å². The molecule has 0 spiro atoms. The van der Waals surface area contributed by atoms with Crippen LogP contribution in [0.4, 0.5) is 0 Å². The molecule has 0 aromatic rings. The molecule has 1 saturated carbocycles. The van der Waals surface area contributed by atoms with Gasteiger partial charge in [-0.05, 0) is 31.6 Å². The van der Waals surface area contributed by atoms with E-state index < -0.39 is 0 Å². The average molecular weight is 171 g/mol. The first-order valence-corrected chi connectivity index (χ1v) is 5.07. The Morgan fingerprint density at radius 1 is 1.50 bits per heavy atom. The topological polar surface area (TPSA) is 32.3 Å². The molecule has 0 saturated heterocycles. The van der Waals surface area contributed by atoms with Gasteiger partial charge < -0.3 is 10.4 Å². The number of aliphatic hydroxyl groups excluding tert-OH is 1. The summed E-state index contributed by atoms with van der Waals surface area (Å²) in [4.78, 5) is 0. The quantitative estimate of drug-likeness (QED) is 0.657. The highest BCUT2D eigenvalue weighted by Gasteiger charge is 2.34. The van der Waals surface area contributed by atoms with Gasteiger partial charge in [0.25, 0.3) is 0 Å². The summed E-state index contributed by atoms with van der Waals surface area (Å²) in [5, 5.41) is 12.4. The first-order chi connectivity index (χ1) is 5.68. The summed E-state index contributed by atoms with van der Waals surface area (Å²) >= 11 is 0. The Hall–Kier alpha value is -0.0800. The molecule has 0 unspecified atom stereocenters. The Labute approximate surface area is 75.4 Å². The van der Waals surface area contributed by atoms with E-state index in [9.17, 15) is 0 Å². The van der Waals surface area contributed by atoms with E-state index >= 15 is 0 Å². The number of rotatable bonds is 5. The number of nitrogens with one attached hydrogen (secondary N) is 1. The van der Waals surface area contributed by atoms with E-state index in [1.165, 1.54) is 25.7 Å². The Balaban J connectivity index is 2.12. The lowest BCUT2D eigenvalue weighted by Gasteiger charge is -2.41. The lowest BCUT2D eigenvalue weighted by molar-refractivity contribution is 0.113. The van der Waals surface area contributed by atoms with Crippen LogP contribution in [-0.2, 0) is 0 Å². The molecule has 1 aliphatic carbocycles. The van der Waals surface area contributed by atoms with Gasteiger partial charge in [-0.15, -0.1) is 0 Å². The Kier molecular flexibility index (Phi) is 3.53. The van der Waals surface area contributed by atoms with Crippen molar-refractivity contribution >= 4 is 0 Å². The smallest absolute Gasteiger partial charge is 0.0636 e. The summed E-state index contributed by atoms with van der Waals surface area (Å²) in [5.74, 6) is 0. The van der Waals surface area contributed by atoms with Gasteiger partial charge in [-0.2, -0.15) is 0 Å². The van der Waals surface area contributed by atoms with E-state index in [-0.39, 0.29) is 6.10 Å². The maximum Gasteiger partial charge on any atom is 0.0636 e. The predicted molar refractivity (Wildman–Crippen MR) is 51.1 cm³/mol. The molecule has 72 valence electrons. The minimum atomic E-state index is -0.209. The van der Waals surface area contributed by atoms with Crippen molar-refractivity contribution in [1.82, 2.24) is 5.32 Å². The molecule has 2 N–H and O–H groups in total. The maximum absolute atomic E-state index is 9.05. The Morgan fingerprint density at radius 2 is 2.17 bits per heavy atom. The first-order valence-electron chi connectivity index (χ1n) is 5.07. The Bertz CT molecular complexity index is 124. The molecule has 0 bridgehead atoms.